The van der Waals surface area contributed by atoms with E-state index in [9.17, 15) is 4.39 Å². The predicted molar refractivity (Wildman–Crippen MR) is 125 cm³/mol. The third-order valence-corrected chi connectivity index (χ3v) is 6.32. The van der Waals surface area contributed by atoms with Gasteiger partial charge in [0.1, 0.15) is 29.8 Å². The Morgan fingerprint density at radius 1 is 1.19 bits per heavy atom. The van der Waals surface area contributed by atoms with Crippen molar-refractivity contribution < 1.29 is 13.9 Å². The molecule has 1 unspecified atom stereocenters. The van der Waals surface area contributed by atoms with Crippen molar-refractivity contribution in [3.05, 3.63) is 48.0 Å². The fourth-order valence-electron chi connectivity index (χ4n) is 3.63. The van der Waals surface area contributed by atoms with Gasteiger partial charge in [0.25, 0.3) is 0 Å². The number of nitrogens with two attached hydrogens (primary N) is 1. The number of anilines is 3. The second-order valence-electron chi connectivity index (χ2n) is 7.64. The Kier molecular flexibility index (Phi) is 7.09. The molecular formula is C23H27FN4O2S. The minimum atomic E-state index is -0.360. The summed E-state index contributed by atoms with van der Waals surface area (Å²) >= 11 is 2.07. The number of benzene rings is 2. The number of rotatable bonds is 4. The first-order chi connectivity index (χ1) is 15.1. The summed E-state index contributed by atoms with van der Waals surface area (Å²) in [6.45, 7) is 3.11. The van der Waals surface area contributed by atoms with Crippen LogP contribution in [0.15, 0.2) is 36.7 Å². The third-order valence-electron chi connectivity index (χ3n) is 5.16. The van der Waals surface area contributed by atoms with E-state index < -0.39 is 0 Å². The summed E-state index contributed by atoms with van der Waals surface area (Å²) in [4.78, 5) is 8.64. The molecule has 0 radical (unpaired) electrons. The number of nitrogens with one attached hydrogen (secondary N) is 1. The summed E-state index contributed by atoms with van der Waals surface area (Å²) in [5, 5.41) is 4.11. The van der Waals surface area contributed by atoms with E-state index >= 15 is 0 Å². The number of hydrogen-bond acceptors (Lipinski definition) is 7. The third kappa shape index (κ3) is 5.57. The van der Waals surface area contributed by atoms with Crippen molar-refractivity contribution in [1.29, 1.82) is 0 Å². The molecule has 3 heterocycles. The Labute approximate surface area is 185 Å². The molecule has 0 aliphatic carbocycles. The summed E-state index contributed by atoms with van der Waals surface area (Å²) < 4.78 is 25.0. The number of aryl methyl sites for hydroxylation is 1. The molecule has 6 nitrogen and oxygen atoms in total. The van der Waals surface area contributed by atoms with Gasteiger partial charge in [0.2, 0.25) is 0 Å². The first kappa shape index (κ1) is 21.6. The van der Waals surface area contributed by atoms with Gasteiger partial charge in [0, 0.05) is 23.6 Å². The van der Waals surface area contributed by atoms with Crippen molar-refractivity contribution in [3.63, 3.8) is 0 Å². The van der Waals surface area contributed by atoms with Gasteiger partial charge in [0.15, 0.2) is 0 Å². The van der Waals surface area contributed by atoms with Crippen LogP contribution in [0.1, 0.15) is 24.8 Å². The lowest BCUT2D eigenvalue weighted by Gasteiger charge is -2.17. The molecule has 5 rings (SSSR count). The Bertz CT molecular complexity index is 1030. The number of nitrogens with zero attached hydrogens (tertiary/aromatic N) is 2. The van der Waals surface area contributed by atoms with Crippen LogP contribution in [0.5, 0.6) is 5.75 Å². The van der Waals surface area contributed by atoms with Crippen LogP contribution < -0.4 is 15.8 Å². The normalized spacial score (nSPS) is 17.9. The van der Waals surface area contributed by atoms with Gasteiger partial charge in [-0.25, -0.2) is 14.4 Å². The van der Waals surface area contributed by atoms with Gasteiger partial charge in [0.05, 0.1) is 24.4 Å². The number of ether oxygens (including phenoxy) is 2. The van der Waals surface area contributed by atoms with E-state index in [-0.39, 0.29) is 11.9 Å². The molecule has 2 fully saturated rings. The van der Waals surface area contributed by atoms with Crippen molar-refractivity contribution in [1.82, 2.24) is 9.97 Å². The van der Waals surface area contributed by atoms with Crippen molar-refractivity contribution in [2.24, 2.45) is 0 Å². The average molecular weight is 443 g/mol. The molecule has 1 atom stereocenters. The molecule has 0 saturated carbocycles. The molecule has 2 aliphatic rings. The zero-order valence-corrected chi connectivity index (χ0v) is 18.4. The minimum Gasteiger partial charge on any atom is -0.486 e. The largest absolute Gasteiger partial charge is 0.486 e. The van der Waals surface area contributed by atoms with Gasteiger partial charge in [-0.3, -0.25) is 0 Å². The summed E-state index contributed by atoms with van der Waals surface area (Å²) in [7, 11) is 0. The molecule has 8 heteroatoms. The summed E-state index contributed by atoms with van der Waals surface area (Å²) in [5.74, 6) is 3.52. The Morgan fingerprint density at radius 3 is 2.74 bits per heavy atom. The molecule has 164 valence electrons. The molecule has 3 N–H and O–H groups in total. The van der Waals surface area contributed by atoms with E-state index in [1.54, 1.807) is 12.1 Å². The molecule has 2 aliphatic heterocycles. The van der Waals surface area contributed by atoms with Crippen LogP contribution in [-0.2, 0) is 4.74 Å². The maximum Gasteiger partial charge on any atom is 0.146 e. The van der Waals surface area contributed by atoms with Gasteiger partial charge in [-0.15, -0.1) is 0 Å². The highest BCUT2D eigenvalue weighted by Crippen LogP contribution is 2.33. The van der Waals surface area contributed by atoms with Crippen LogP contribution in [-0.4, -0.2) is 40.8 Å². The molecule has 0 bridgehead atoms. The van der Waals surface area contributed by atoms with Crippen LogP contribution in [0.4, 0.5) is 21.6 Å². The number of hydrogen-bond donors (Lipinski definition) is 2. The lowest BCUT2D eigenvalue weighted by atomic mass is 10.1. The number of thioether (sulfide) groups is 1. The molecule has 3 aromatic rings. The quantitative estimate of drug-likeness (QED) is 0.545. The zero-order valence-electron chi connectivity index (χ0n) is 17.6. The molecule has 0 spiro atoms. The number of fused-ring (bicyclic) bond motifs is 1. The smallest absolute Gasteiger partial charge is 0.146 e. The van der Waals surface area contributed by atoms with E-state index in [4.69, 9.17) is 15.2 Å². The van der Waals surface area contributed by atoms with Crippen LogP contribution in [0.2, 0.25) is 0 Å². The summed E-state index contributed by atoms with van der Waals surface area (Å²) in [6, 6.07) is 8.06. The fourth-order valence-corrected chi connectivity index (χ4v) is 4.65. The highest BCUT2D eigenvalue weighted by molar-refractivity contribution is 7.99. The molecule has 31 heavy (non-hydrogen) atoms. The number of aromatic nitrogens is 2. The van der Waals surface area contributed by atoms with E-state index in [2.05, 4.69) is 27.0 Å². The van der Waals surface area contributed by atoms with Gasteiger partial charge >= 0.3 is 0 Å². The van der Waals surface area contributed by atoms with Crippen LogP contribution in [0.25, 0.3) is 10.9 Å². The Hall–Kier alpha value is -2.58. The summed E-state index contributed by atoms with van der Waals surface area (Å²) in [5.41, 5.74) is 8.88. The van der Waals surface area contributed by atoms with Gasteiger partial charge < -0.3 is 20.5 Å². The first-order valence-electron chi connectivity index (χ1n) is 10.5. The fraction of sp³-hybridized carbons (Fsp3) is 0.391. The van der Waals surface area contributed by atoms with Crippen LogP contribution in [0, 0.1) is 12.7 Å². The second-order valence-corrected chi connectivity index (χ2v) is 8.87. The predicted octanol–water partition coefficient (Wildman–Crippen LogP) is 5.08. The summed E-state index contributed by atoms with van der Waals surface area (Å²) in [6.07, 6.45) is 5.10. The molecule has 2 saturated heterocycles. The van der Waals surface area contributed by atoms with E-state index in [0.29, 0.717) is 36.2 Å². The number of nitrogen functional groups attached to an aromatic ring is 1. The van der Waals surface area contributed by atoms with Crippen molar-refractivity contribution in [2.75, 3.05) is 35.8 Å². The molecule has 1 aromatic heterocycles. The zero-order chi connectivity index (χ0) is 21.6. The molecular weight excluding hydrogens is 415 g/mol. The molecule has 0 amide bonds. The van der Waals surface area contributed by atoms with Crippen LogP contribution >= 0.6 is 11.8 Å². The Morgan fingerprint density at radius 2 is 2.03 bits per heavy atom. The van der Waals surface area contributed by atoms with Crippen molar-refractivity contribution >= 4 is 39.9 Å². The Balaban J connectivity index is 0.000000407. The standard InChI is InChI=1S/C19H19FN4O2.C4H8S/c1-11-6-13(21)8-16-18(11)19(23-10-22-16)24-15-3-2-12(20)7-17(15)26-14-4-5-25-9-14;1-2-4-5-3-1/h2-3,6-8,10,14H,4-5,9,21H2,1H3,(H,22,23,24);1-4H2. The SMILES string of the molecule is C1CCSC1.Cc1cc(N)cc2ncnc(Nc3ccc(F)cc3OC3CCOC3)c12. The first-order valence-corrected chi connectivity index (χ1v) is 11.6. The van der Waals surface area contributed by atoms with Crippen molar-refractivity contribution in [2.45, 2.75) is 32.3 Å². The second kappa shape index (κ2) is 10.2. The number of halogens is 1. The van der Waals surface area contributed by atoms with Gasteiger partial charge in [-0.1, -0.05) is 0 Å². The van der Waals surface area contributed by atoms with Gasteiger partial charge in [-0.2, -0.15) is 11.8 Å². The maximum atomic E-state index is 13.7. The van der Waals surface area contributed by atoms with Crippen molar-refractivity contribution in [3.8, 4) is 5.75 Å². The van der Waals surface area contributed by atoms with Crippen LogP contribution in [0.3, 0.4) is 0 Å². The highest BCUT2D eigenvalue weighted by atomic mass is 32.2. The topological polar surface area (TPSA) is 82.3 Å². The van der Waals surface area contributed by atoms with E-state index in [1.165, 1.54) is 42.8 Å². The lowest BCUT2D eigenvalue weighted by molar-refractivity contribution is 0.141. The highest BCUT2D eigenvalue weighted by Gasteiger charge is 2.20. The van der Waals surface area contributed by atoms with E-state index in [0.717, 1.165) is 22.9 Å². The monoisotopic (exact) mass is 442 g/mol. The van der Waals surface area contributed by atoms with Gasteiger partial charge in [-0.05, 0) is 61.1 Å². The lowest BCUT2D eigenvalue weighted by Crippen LogP contribution is -2.16. The molecule has 2 aromatic carbocycles. The average Bonchev–Trinajstić information content (AvgIpc) is 3.46. The minimum absolute atomic E-state index is 0.0824. The maximum absolute atomic E-state index is 13.7. The van der Waals surface area contributed by atoms with E-state index in [1.807, 2.05) is 13.0 Å².